The number of carbonyl (C=O) groups excluding carboxylic acids is 1. The predicted octanol–water partition coefficient (Wildman–Crippen LogP) is 1.68. The van der Waals surface area contributed by atoms with Crippen molar-refractivity contribution in [3.05, 3.63) is 34.4 Å². The van der Waals surface area contributed by atoms with Crippen LogP contribution in [0.5, 0.6) is 5.75 Å². The second-order valence-corrected chi connectivity index (χ2v) is 4.39. The normalized spacial score (nSPS) is 17.7. The molecule has 1 aromatic heterocycles. The standard InChI is InChI=1S/C12H13N3O4/c1-7(2)6-14-11-9(19-8(3)12(14)16)4-5-10(13-11)15(17)18/h4-5,8H,1,6H2,2-3H3. The second kappa shape index (κ2) is 4.68. The summed E-state index contributed by atoms with van der Waals surface area (Å²) in [5.74, 6) is -0.0841. The highest BCUT2D eigenvalue weighted by atomic mass is 16.6. The highest BCUT2D eigenvalue weighted by Gasteiger charge is 2.36. The first-order valence-corrected chi connectivity index (χ1v) is 5.68. The predicted molar refractivity (Wildman–Crippen MR) is 68.1 cm³/mol. The van der Waals surface area contributed by atoms with Crippen molar-refractivity contribution < 1.29 is 14.5 Å². The molecule has 1 aliphatic rings. The lowest BCUT2D eigenvalue weighted by atomic mass is 10.2. The number of amides is 1. The van der Waals surface area contributed by atoms with E-state index in [2.05, 4.69) is 11.6 Å². The van der Waals surface area contributed by atoms with Gasteiger partial charge in [0.05, 0.1) is 6.54 Å². The van der Waals surface area contributed by atoms with Gasteiger partial charge in [0.1, 0.15) is 0 Å². The molecule has 1 unspecified atom stereocenters. The van der Waals surface area contributed by atoms with Crippen LogP contribution in [0.25, 0.3) is 0 Å². The van der Waals surface area contributed by atoms with E-state index in [0.717, 1.165) is 5.57 Å². The van der Waals surface area contributed by atoms with Crippen molar-refractivity contribution in [1.29, 1.82) is 0 Å². The zero-order valence-corrected chi connectivity index (χ0v) is 10.6. The topological polar surface area (TPSA) is 85.6 Å². The van der Waals surface area contributed by atoms with Gasteiger partial charge in [-0.2, -0.15) is 0 Å². The first kappa shape index (κ1) is 13.0. The van der Waals surface area contributed by atoms with Gasteiger partial charge in [0, 0.05) is 6.07 Å². The first-order valence-electron chi connectivity index (χ1n) is 5.68. The summed E-state index contributed by atoms with van der Waals surface area (Å²) in [6.07, 6.45) is -0.643. The maximum atomic E-state index is 12.1. The molecule has 0 aromatic carbocycles. The number of rotatable bonds is 3. The quantitative estimate of drug-likeness (QED) is 0.470. The van der Waals surface area contributed by atoms with Gasteiger partial charge in [0.2, 0.25) is 0 Å². The smallest absolute Gasteiger partial charge is 0.366 e. The molecule has 1 aromatic rings. The van der Waals surface area contributed by atoms with Crippen LogP contribution in [0.4, 0.5) is 11.6 Å². The summed E-state index contributed by atoms with van der Waals surface area (Å²) in [4.78, 5) is 27.4. The van der Waals surface area contributed by atoms with Crippen molar-refractivity contribution in [3.8, 4) is 5.75 Å². The number of ether oxygens (including phenoxy) is 1. The average molecular weight is 263 g/mol. The molecule has 0 aliphatic carbocycles. The molecule has 1 aliphatic heterocycles. The van der Waals surface area contributed by atoms with Gasteiger partial charge in [0.25, 0.3) is 11.7 Å². The minimum atomic E-state index is -0.643. The third-order valence-electron chi connectivity index (χ3n) is 2.61. The lowest BCUT2D eigenvalue weighted by Gasteiger charge is -2.29. The Labute approximate surface area is 109 Å². The van der Waals surface area contributed by atoms with Gasteiger partial charge in [-0.05, 0) is 29.8 Å². The van der Waals surface area contributed by atoms with Crippen molar-refractivity contribution in [1.82, 2.24) is 4.98 Å². The zero-order valence-electron chi connectivity index (χ0n) is 10.6. The fourth-order valence-corrected chi connectivity index (χ4v) is 1.80. The van der Waals surface area contributed by atoms with Crippen LogP contribution in [-0.4, -0.2) is 28.5 Å². The molecule has 1 atom stereocenters. The van der Waals surface area contributed by atoms with E-state index in [1.165, 1.54) is 17.0 Å². The molecular formula is C12H13N3O4. The van der Waals surface area contributed by atoms with Crippen LogP contribution in [-0.2, 0) is 4.79 Å². The van der Waals surface area contributed by atoms with Crippen LogP contribution in [0.15, 0.2) is 24.3 Å². The van der Waals surface area contributed by atoms with Crippen LogP contribution in [0.1, 0.15) is 13.8 Å². The maximum Gasteiger partial charge on any atom is 0.366 e. The Hall–Kier alpha value is -2.44. The minimum absolute atomic E-state index is 0.167. The van der Waals surface area contributed by atoms with Gasteiger partial charge in [-0.3, -0.25) is 9.69 Å². The molecule has 19 heavy (non-hydrogen) atoms. The van der Waals surface area contributed by atoms with Crippen molar-refractivity contribution in [2.75, 3.05) is 11.4 Å². The Morgan fingerprint density at radius 3 is 2.89 bits per heavy atom. The van der Waals surface area contributed by atoms with E-state index < -0.39 is 11.0 Å². The molecule has 0 saturated carbocycles. The van der Waals surface area contributed by atoms with Gasteiger partial charge in [-0.15, -0.1) is 0 Å². The summed E-state index contributed by atoms with van der Waals surface area (Å²) in [5, 5.41) is 10.7. The summed E-state index contributed by atoms with van der Waals surface area (Å²) in [7, 11) is 0. The highest BCUT2D eigenvalue weighted by Crippen LogP contribution is 2.34. The molecule has 1 amide bonds. The van der Waals surface area contributed by atoms with Crippen LogP contribution >= 0.6 is 0 Å². The van der Waals surface area contributed by atoms with E-state index in [1.807, 2.05) is 0 Å². The molecule has 100 valence electrons. The summed E-state index contributed by atoms with van der Waals surface area (Å²) < 4.78 is 5.38. The minimum Gasteiger partial charge on any atom is -0.475 e. The highest BCUT2D eigenvalue weighted by molar-refractivity contribution is 5.99. The lowest BCUT2D eigenvalue weighted by Crippen LogP contribution is -2.45. The van der Waals surface area contributed by atoms with E-state index in [0.29, 0.717) is 5.75 Å². The number of nitro groups is 1. The fourth-order valence-electron chi connectivity index (χ4n) is 1.80. The molecule has 0 radical (unpaired) electrons. The van der Waals surface area contributed by atoms with Crippen molar-refractivity contribution in [3.63, 3.8) is 0 Å². The Morgan fingerprint density at radius 2 is 2.32 bits per heavy atom. The second-order valence-electron chi connectivity index (χ2n) is 4.39. The zero-order chi connectivity index (χ0) is 14.2. The largest absolute Gasteiger partial charge is 0.475 e. The summed E-state index contributed by atoms with van der Waals surface area (Å²) in [6.45, 7) is 7.39. The van der Waals surface area contributed by atoms with Gasteiger partial charge in [-0.1, -0.05) is 12.2 Å². The number of pyridine rings is 1. The molecule has 0 bridgehead atoms. The van der Waals surface area contributed by atoms with E-state index in [-0.39, 0.29) is 24.1 Å². The summed E-state index contributed by atoms with van der Waals surface area (Å²) >= 11 is 0. The molecule has 0 fully saturated rings. The van der Waals surface area contributed by atoms with Crippen LogP contribution < -0.4 is 9.64 Å². The monoisotopic (exact) mass is 263 g/mol. The number of hydrogen-bond donors (Lipinski definition) is 0. The molecule has 0 N–H and O–H groups in total. The van der Waals surface area contributed by atoms with E-state index >= 15 is 0 Å². The maximum absolute atomic E-state index is 12.1. The Morgan fingerprint density at radius 1 is 1.63 bits per heavy atom. The number of fused-ring (bicyclic) bond motifs is 1. The van der Waals surface area contributed by atoms with Gasteiger partial charge >= 0.3 is 5.82 Å². The van der Waals surface area contributed by atoms with Crippen LogP contribution in [0.2, 0.25) is 0 Å². The molecule has 7 nitrogen and oxygen atoms in total. The summed E-state index contributed by atoms with van der Waals surface area (Å²) in [6, 6.07) is 2.70. The fraction of sp³-hybridized carbons (Fsp3) is 0.333. The van der Waals surface area contributed by atoms with Gasteiger partial charge < -0.3 is 14.9 Å². The molecule has 2 heterocycles. The Bertz CT molecular complexity index is 570. The molecule has 7 heteroatoms. The van der Waals surface area contributed by atoms with E-state index in [4.69, 9.17) is 4.74 Å². The van der Waals surface area contributed by atoms with Gasteiger partial charge in [0.15, 0.2) is 11.9 Å². The Balaban J connectivity index is 2.50. The van der Waals surface area contributed by atoms with Crippen molar-refractivity contribution in [2.24, 2.45) is 0 Å². The SMILES string of the molecule is C=C(C)CN1C(=O)C(C)Oc2ccc([N+](=O)[O-])nc21. The third-order valence-corrected chi connectivity index (χ3v) is 2.61. The van der Waals surface area contributed by atoms with E-state index in [1.54, 1.807) is 13.8 Å². The van der Waals surface area contributed by atoms with Crippen molar-refractivity contribution in [2.45, 2.75) is 20.0 Å². The molecule has 0 saturated heterocycles. The first-order chi connectivity index (χ1) is 8.90. The van der Waals surface area contributed by atoms with Crippen molar-refractivity contribution >= 4 is 17.5 Å². The lowest BCUT2D eigenvalue weighted by molar-refractivity contribution is -0.389. The number of anilines is 1. The summed E-state index contributed by atoms with van der Waals surface area (Å²) in [5.41, 5.74) is 0.752. The van der Waals surface area contributed by atoms with Crippen LogP contribution in [0, 0.1) is 10.1 Å². The Kier molecular flexibility index (Phi) is 3.20. The molecule has 0 spiro atoms. The van der Waals surface area contributed by atoms with Gasteiger partial charge in [-0.25, -0.2) is 0 Å². The number of aromatic nitrogens is 1. The van der Waals surface area contributed by atoms with Crippen LogP contribution in [0.3, 0.4) is 0 Å². The average Bonchev–Trinajstić information content (AvgIpc) is 2.34. The third kappa shape index (κ3) is 2.40. The molecule has 2 rings (SSSR count). The molecular weight excluding hydrogens is 250 g/mol. The number of nitrogens with zero attached hydrogens (tertiary/aromatic N) is 3. The number of hydrogen-bond acceptors (Lipinski definition) is 5. The van der Waals surface area contributed by atoms with E-state index in [9.17, 15) is 14.9 Å². The number of carbonyl (C=O) groups is 1.